The van der Waals surface area contributed by atoms with Crippen LogP contribution in [-0.2, 0) is 6.42 Å². The Morgan fingerprint density at radius 2 is 1.95 bits per heavy atom. The van der Waals surface area contributed by atoms with Crippen molar-refractivity contribution in [2.24, 2.45) is 0 Å². The number of benzene rings is 2. The molecule has 0 fully saturated rings. The highest BCUT2D eigenvalue weighted by molar-refractivity contribution is 5.75. The van der Waals surface area contributed by atoms with E-state index in [4.69, 9.17) is 0 Å². The third-order valence-corrected chi connectivity index (χ3v) is 5.05. The molecule has 0 aliphatic carbocycles. The number of fused-ring (bicyclic) bond motifs is 1. The standard InChI is InChI=1S/C18H18N4/c1-2-9-17-15(8-1)19-20-22(17)16-10-12-21-11-4-6-13-5-3-7-14(16)18(13)21/h1-3,5,7-9,16H,4,6,10-12H2. The van der Waals surface area contributed by atoms with E-state index in [-0.39, 0.29) is 0 Å². The van der Waals surface area contributed by atoms with Crippen molar-refractivity contribution in [3.63, 3.8) is 0 Å². The number of aromatic nitrogens is 3. The Morgan fingerprint density at radius 3 is 2.95 bits per heavy atom. The average molecular weight is 290 g/mol. The molecule has 0 bridgehead atoms. The number of para-hydroxylation sites is 2. The van der Waals surface area contributed by atoms with Crippen LogP contribution >= 0.6 is 0 Å². The topological polar surface area (TPSA) is 34.0 Å². The van der Waals surface area contributed by atoms with Gasteiger partial charge in [-0.25, -0.2) is 4.68 Å². The largest absolute Gasteiger partial charge is 0.371 e. The lowest BCUT2D eigenvalue weighted by Gasteiger charge is -2.40. The molecule has 5 rings (SSSR count). The van der Waals surface area contributed by atoms with Gasteiger partial charge < -0.3 is 4.90 Å². The Kier molecular flexibility index (Phi) is 2.53. The Morgan fingerprint density at radius 1 is 1.00 bits per heavy atom. The van der Waals surface area contributed by atoms with Gasteiger partial charge in [-0.3, -0.25) is 0 Å². The zero-order valence-corrected chi connectivity index (χ0v) is 12.4. The zero-order chi connectivity index (χ0) is 14.5. The van der Waals surface area contributed by atoms with Gasteiger partial charge in [-0.1, -0.05) is 35.5 Å². The van der Waals surface area contributed by atoms with Gasteiger partial charge in [0.15, 0.2) is 0 Å². The van der Waals surface area contributed by atoms with Crippen LogP contribution < -0.4 is 4.90 Å². The first-order valence-electron chi connectivity index (χ1n) is 8.08. The SMILES string of the molecule is c1cc2c3c(c1)C(n1nnc4ccccc41)CCN3CCC2. The molecule has 1 unspecified atom stereocenters. The van der Waals surface area contributed by atoms with Crippen LogP contribution in [0.1, 0.15) is 30.0 Å². The summed E-state index contributed by atoms with van der Waals surface area (Å²) in [5.41, 5.74) is 6.49. The maximum atomic E-state index is 4.46. The summed E-state index contributed by atoms with van der Waals surface area (Å²) in [5.74, 6) is 0. The van der Waals surface area contributed by atoms with E-state index in [2.05, 4.69) is 50.2 Å². The van der Waals surface area contributed by atoms with Crippen LogP contribution in [0.2, 0.25) is 0 Å². The van der Waals surface area contributed by atoms with Gasteiger partial charge in [0.1, 0.15) is 5.52 Å². The molecule has 2 aliphatic rings. The summed E-state index contributed by atoms with van der Waals surface area (Å²) in [5, 5.41) is 8.81. The highest BCUT2D eigenvalue weighted by atomic mass is 15.4. The van der Waals surface area contributed by atoms with Gasteiger partial charge in [0, 0.05) is 24.3 Å². The van der Waals surface area contributed by atoms with Crippen LogP contribution in [0.15, 0.2) is 42.5 Å². The van der Waals surface area contributed by atoms with E-state index >= 15 is 0 Å². The van der Waals surface area contributed by atoms with Crippen molar-refractivity contribution in [2.75, 3.05) is 18.0 Å². The van der Waals surface area contributed by atoms with Crippen molar-refractivity contribution in [3.8, 4) is 0 Å². The molecule has 4 nitrogen and oxygen atoms in total. The van der Waals surface area contributed by atoms with Crippen molar-refractivity contribution >= 4 is 16.7 Å². The molecule has 0 N–H and O–H groups in total. The molecule has 2 aliphatic heterocycles. The van der Waals surface area contributed by atoms with Crippen molar-refractivity contribution in [2.45, 2.75) is 25.3 Å². The van der Waals surface area contributed by atoms with Crippen molar-refractivity contribution in [3.05, 3.63) is 53.6 Å². The molecular weight excluding hydrogens is 272 g/mol. The second-order valence-corrected chi connectivity index (χ2v) is 6.27. The summed E-state index contributed by atoms with van der Waals surface area (Å²) in [6, 6.07) is 15.3. The average Bonchev–Trinajstić information content (AvgIpc) is 3.00. The van der Waals surface area contributed by atoms with Gasteiger partial charge in [0.05, 0.1) is 11.6 Å². The lowest BCUT2D eigenvalue weighted by atomic mass is 9.89. The molecule has 0 radical (unpaired) electrons. The number of aryl methyl sites for hydroxylation is 1. The molecular formula is C18H18N4. The van der Waals surface area contributed by atoms with Gasteiger partial charge in [0.2, 0.25) is 0 Å². The third kappa shape index (κ3) is 1.64. The Balaban J connectivity index is 1.71. The summed E-state index contributed by atoms with van der Waals surface area (Å²) in [4.78, 5) is 2.56. The summed E-state index contributed by atoms with van der Waals surface area (Å²) in [6.45, 7) is 2.30. The van der Waals surface area contributed by atoms with Crippen LogP contribution in [0, 0.1) is 0 Å². The lowest BCUT2D eigenvalue weighted by molar-refractivity contribution is 0.461. The van der Waals surface area contributed by atoms with Crippen LogP contribution in [0.4, 0.5) is 5.69 Å². The van der Waals surface area contributed by atoms with Crippen LogP contribution in [0.3, 0.4) is 0 Å². The molecule has 1 atom stereocenters. The number of nitrogens with zero attached hydrogens (tertiary/aromatic N) is 4. The molecule has 0 spiro atoms. The summed E-state index contributed by atoms with van der Waals surface area (Å²) in [6.07, 6.45) is 3.57. The molecule has 1 aromatic heterocycles. The molecule has 0 saturated carbocycles. The van der Waals surface area contributed by atoms with Gasteiger partial charge in [-0.15, -0.1) is 5.10 Å². The van der Waals surface area contributed by atoms with Crippen molar-refractivity contribution in [1.82, 2.24) is 15.0 Å². The second kappa shape index (κ2) is 4.57. The van der Waals surface area contributed by atoms with Crippen LogP contribution in [0.25, 0.3) is 11.0 Å². The third-order valence-electron chi connectivity index (χ3n) is 5.05. The Hall–Kier alpha value is -2.36. The molecule has 110 valence electrons. The highest BCUT2D eigenvalue weighted by Crippen LogP contribution is 2.41. The van der Waals surface area contributed by atoms with E-state index in [1.54, 1.807) is 0 Å². The van der Waals surface area contributed by atoms with Crippen LogP contribution in [0.5, 0.6) is 0 Å². The van der Waals surface area contributed by atoms with E-state index in [1.165, 1.54) is 36.2 Å². The van der Waals surface area contributed by atoms with Crippen molar-refractivity contribution < 1.29 is 0 Å². The normalized spacial score (nSPS) is 20.2. The van der Waals surface area contributed by atoms with E-state index in [0.29, 0.717) is 6.04 Å². The minimum atomic E-state index is 0.303. The molecule has 2 aromatic carbocycles. The molecule has 4 heteroatoms. The second-order valence-electron chi connectivity index (χ2n) is 6.27. The fourth-order valence-electron chi connectivity index (χ4n) is 4.07. The van der Waals surface area contributed by atoms with Gasteiger partial charge in [0.25, 0.3) is 0 Å². The fraction of sp³-hybridized carbons (Fsp3) is 0.333. The smallest absolute Gasteiger partial charge is 0.113 e. The highest BCUT2D eigenvalue weighted by Gasteiger charge is 2.31. The predicted octanol–water partition coefficient (Wildman–Crippen LogP) is 3.18. The quantitative estimate of drug-likeness (QED) is 0.690. The van der Waals surface area contributed by atoms with E-state index in [1.807, 2.05) is 12.1 Å². The minimum absolute atomic E-state index is 0.303. The first kappa shape index (κ1) is 12.2. The zero-order valence-electron chi connectivity index (χ0n) is 12.4. The van der Waals surface area contributed by atoms with Crippen LogP contribution in [-0.4, -0.2) is 28.1 Å². The van der Waals surface area contributed by atoms with E-state index < -0.39 is 0 Å². The maximum absolute atomic E-state index is 4.46. The predicted molar refractivity (Wildman–Crippen MR) is 87.3 cm³/mol. The lowest BCUT2D eigenvalue weighted by Crippen LogP contribution is -2.37. The number of anilines is 1. The van der Waals surface area contributed by atoms with Gasteiger partial charge in [-0.2, -0.15) is 0 Å². The Bertz CT molecular complexity index is 851. The summed E-state index contributed by atoms with van der Waals surface area (Å²) < 4.78 is 2.12. The number of rotatable bonds is 1. The molecule has 3 heterocycles. The van der Waals surface area contributed by atoms with Gasteiger partial charge in [-0.05, 0) is 37.0 Å². The van der Waals surface area contributed by atoms with Gasteiger partial charge >= 0.3 is 0 Å². The summed E-state index contributed by atoms with van der Waals surface area (Å²) >= 11 is 0. The van der Waals surface area contributed by atoms with E-state index in [0.717, 1.165) is 24.0 Å². The monoisotopic (exact) mass is 290 g/mol. The number of hydrogen-bond donors (Lipinski definition) is 0. The minimum Gasteiger partial charge on any atom is -0.371 e. The molecule has 0 saturated heterocycles. The molecule has 22 heavy (non-hydrogen) atoms. The van der Waals surface area contributed by atoms with E-state index in [9.17, 15) is 0 Å². The molecule has 3 aromatic rings. The van der Waals surface area contributed by atoms with Crippen molar-refractivity contribution in [1.29, 1.82) is 0 Å². The Labute approximate surface area is 129 Å². The number of hydrogen-bond acceptors (Lipinski definition) is 3. The fourth-order valence-corrected chi connectivity index (χ4v) is 4.07. The molecule has 0 amide bonds. The summed E-state index contributed by atoms with van der Waals surface area (Å²) in [7, 11) is 0. The first-order chi connectivity index (χ1) is 10.9. The first-order valence-corrected chi connectivity index (χ1v) is 8.08. The maximum Gasteiger partial charge on any atom is 0.113 e.